The molecule has 3 atom stereocenters. The van der Waals surface area contributed by atoms with Crippen LogP contribution in [0, 0.1) is 5.92 Å². The largest absolute Gasteiger partial charge is 0.383 e. The third-order valence-electron chi connectivity index (χ3n) is 4.70. The van der Waals surface area contributed by atoms with E-state index in [4.69, 9.17) is 9.47 Å². The molecule has 0 aliphatic carbocycles. The number of carbonyl (C=O) groups excluding carboxylic acids is 1. The van der Waals surface area contributed by atoms with Crippen molar-refractivity contribution in [3.63, 3.8) is 0 Å². The van der Waals surface area contributed by atoms with Crippen LogP contribution in [0.2, 0.25) is 0 Å². The number of piperidine rings is 1. The summed E-state index contributed by atoms with van der Waals surface area (Å²) in [6, 6.07) is 0. The predicted octanol–water partition coefficient (Wildman–Crippen LogP) is 0.162. The Kier molecular flexibility index (Phi) is 5.30. The number of aromatic nitrogens is 2. The van der Waals surface area contributed by atoms with Gasteiger partial charge in [-0.3, -0.25) is 14.4 Å². The molecule has 0 saturated carbocycles. The number of hydrogen-bond donors (Lipinski definition) is 1. The molecule has 0 aromatic carbocycles. The minimum absolute atomic E-state index is 0.00439. The quantitative estimate of drug-likeness (QED) is 0.756. The van der Waals surface area contributed by atoms with Gasteiger partial charge in [-0.2, -0.15) is 5.10 Å². The van der Waals surface area contributed by atoms with Crippen LogP contribution in [0.5, 0.6) is 0 Å². The van der Waals surface area contributed by atoms with Crippen LogP contribution in [-0.4, -0.2) is 66.1 Å². The lowest BCUT2D eigenvalue weighted by molar-refractivity contribution is -0.133. The van der Waals surface area contributed by atoms with Crippen molar-refractivity contribution in [2.24, 2.45) is 13.0 Å². The molecule has 2 saturated heterocycles. The maximum atomic E-state index is 12.1. The fourth-order valence-corrected chi connectivity index (χ4v) is 3.51. The first-order valence-corrected chi connectivity index (χ1v) is 8.27. The highest BCUT2D eigenvalue weighted by Crippen LogP contribution is 2.33. The standard InChI is InChI=1S/C16H26N4O3/c1-19-9-12(8-18-19)10-20-5-3-13-7-14(23-15(13)11-20)16(21)17-4-6-22-2/h8-9,13-15H,3-7,10-11H2,1-2H3,(H,17,21)/t13-,14-,15-/m0/s1. The molecule has 23 heavy (non-hydrogen) atoms. The monoisotopic (exact) mass is 322 g/mol. The SMILES string of the molecule is COCCNC(=O)[C@@H]1C[C@@H]2CCN(Cc3cnn(C)c3)C[C@@H]2O1. The number of methoxy groups -OCH3 is 1. The molecule has 7 nitrogen and oxygen atoms in total. The van der Waals surface area contributed by atoms with Gasteiger partial charge in [-0.15, -0.1) is 0 Å². The summed E-state index contributed by atoms with van der Waals surface area (Å²) in [7, 11) is 3.56. The Labute approximate surface area is 136 Å². The van der Waals surface area contributed by atoms with E-state index in [0.717, 1.165) is 32.5 Å². The van der Waals surface area contributed by atoms with Gasteiger partial charge in [-0.1, -0.05) is 0 Å². The minimum Gasteiger partial charge on any atom is -0.383 e. The molecule has 1 aromatic rings. The van der Waals surface area contributed by atoms with E-state index in [1.54, 1.807) is 7.11 Å². The second-order valence-electron chi connectivity index (χ2n) is 6.49. The average Bonchev–Trinajstić information content (AvgIpc) is 3.13. The molecule has 0 unspecified atom stereocenters. The van der Waals surface area contributed by atoms with Crippen molar-refractivity contribution in [1.29, 1.82) is 0 Å². The number of fused-ring (bicyclic) bond motifs is 1. The molecule has 0 radical (unpaired) electrons. The van der Waals surface area contributed by atoms with Gasteiger partial charge in [0.2, 0.25) is 5.91 Å². The molecule has 1 aromatic heterocycles. The van der Waals surface area contributed by atoms with Crippen LogP contribution >= 0.6 is 0 Å². The maximum Gasteiger partial charge on any atom is 0.249 e. The van der Waals surface area contributed by atoms with Crippen LogP contribution < -0.4 is 5.32 Å². The van der Waals surface area contributed by atoms with Gasteiger partial charge in [0, 0.05) is 45.6 Å². The van der Waals surface area contributed by atoms with E-state index >= 15 is 0 Å². The number of rotatable bonds is 6. The molecular formula is C16H26N4O3. The normalized spacial score (nSPS) is 27.8. The van der Waals surface area contributed by atoms with Gasteiger partial charge in [0.05, 0.1) is 18.9 Å². The van der Waals surface area contributed by atoms with Gasteiger partial charge in [0.15, 0.2) is 0 Å². The number of amides is 1. The Morgan fingerprint density at radius 1 is 1.57 bits per heavy atom. The maximum absolute atomic E-state index is 12.1. The summed E-state index contributed by atoms with van der Waals surface area (Å²) >= 11 is 0. The smallest absolute Gasteiger partial charge is 0.249 e. The van der Waals surface area contributed by atoms with Gasteiger partial charge < -0.3 is 14.8 Å². The molecule has 3 heterocycles. The summed E-state index contributed by atoms with van der Waals surface area (Å²) in [6.07, 6.45) is 5.75. The molecule has 3 rings (SSSR count). The van der Waals surface area contributed by atoms with Crippen molar-refractivity contribution >= 4 is 5.91 Å². The van der Waals surface area contributed by atoms with Crippen LogP contribution in [-0.2, 0) is 27.9 Å². The summed E-state index contributed by atoms with van der Waals surface area (Å²) < 4.78 is 12.8. The average molecular weight is 322 g/mol. The molecule has 128 valence electrons. The molecule has 1 amide bonds. The molecule has 0 bridgehead atoms. The highest BCUT2D eigenvalue weighted by molar-refractivity contribution is 5.81. The van der Waals surface area contributed by atoms with Gasteiger partial charge in [0.25, 0.3) is 0 Å². The molecule has 1 N–H and O–H groups in total. The Hall–Kier alpha value is -1.44. The van der Waals surface area contributed by atoms with Crippen molar-refractivity contribution in [3.8, 4) is 0 Å². The van der Waals surface area contributed by atoms with E-state index in [9.17, 15) is 4.79 Å². The van der Waals surface area contributed by atoms with Crippen molar-refractivity contribution in [3.05, 3.63) is 18.0 Å². The second kappa shape index (κ2) is 7.42. The van der Waals surface area contributed by atoms with Crippen LogP contribution in [0.1, 0.15) is 18.4 Å². The first-order valence-electron chi connectivity index (χ1n) is 8.27. The van der Waals surface area contributed by atoms with Gasteiger partial charge in [-0.25, -0.2) is 0 Å². The number of nitrogens with one attached hydrogen (secondary N) is 1. The van der Waals surface area contributed by atoms with Crippen molar-refractivity contribution in [1.82, 2.24) is 20.0 Å². The number of carbonyl (C=O) groups is 1. The third-order valence-corrected chi connectivity index (χ3v) is 4.70. The Morgan fingerprint density at radius 2 is 2.43 bits per heavy atom. The van der Waals surface area contributed by atoms with Gasteiger partial charge >= 0.3 is 0 Å². The number of hydrogen-bond acceptors (Lipinski definition) is 5. The van der Waals surface area contributed by atoms with Gasteiger partial charge in [-0.05, 0) is 25.3 Å². The fraction of sp³-hybridized carbons (Fsp3) is 0.750. The lowest BCUT2D eigenvalue weighted by Crippen LogP contribution is -2.42. The van der Waals surface area contributed by atoms with E-state index in [0.29, 0.717) is 19.1 Å². The number of likely N-dealkylation sites (tertiary alicyclic amines) is 1. The summed E-state index contributed by atoms with van der Waals surface area (Å²) in [6.45, 7) is 3.91. The first kappa shape index (κ1) is 16.4. The molecular weight excluding hydrogens is 296 g/mol. The van der Waals surface area contributed by atoms with Gasteiger partial charge in [0.1, 0.15) is 6.10 Å². The van der Waals surface area contributed by atoms with Crippen LogP contribution in [0.25, 0.3) is 0 Å². The fourth-order valence-electron chi connectivity index (χ4n) is 3.51. The van der Waals surface area contributed by atoms with Crippen molar-refractivity contribution in [2.45, 2.75) is 31.6 Å². The van der Waals surface area contributed by atoms with E-state index in [1.165, 1.54) is 5.56 Å². The Balaban J connectivity index is 1.48. The Bertz CT molecular complexity index is 533. The molecule has 2 fully saturated rings. The zero-order chi connectivity index (χ0) is 16.2. The lowest BCUT2D eigenvalue weighted by atomic mass is 9.91. The van der Waals surface area contributed by atoms with Crippen LogP contribution in [0.3, 0.4) is 0 Å². The summed E-state index contributed by atoms with van der Waals surface area (Å²) in [5.74, 6) is 0.494. The van der Waals surface area contributed by atoms with E-state index in [-0.39, 0.29) is 18.1 Å². The zero-order valence-electron chi connectivity index (χ0n) is 13.9. The Morgan fingerprint density at radius 3 is 3.17 bits per heavy atom. The second-order valence-corrected chi connectivity index (χ2v) is 6.49. The summed E-state index contributed by atoms with van der Waals surface area (Å²) in [5, 5.41) is 7.09. The molecule has 7 heteroatoms. The topological polar surface area (TPSA) is 68.6 Å². The summed E-state index contributed by atoms with van der Waals surface area (Å²) in [4.78, 5) is 14.5. The predicted molar refractivity (Wildman–Crippen MR) is 84.8 cm³/mol. The minimum atomic E-state index is -0.305. The lowest BCUT2D eigenvalue weighted by Gasteiger charge is -2.33. The van der Waals surface area contributed by atoms with E-state index < -0.39 is 0 Å². The van der Waals surface area contributed by atoms with Crippen LogP contribution in [0.4, 0.5) is 0 Å². The highest BCUT2D eigenvalue weighted by Gasteiger charge is 2.41. The highest BCUT2D eigenvalue weighted by atomic mass is 16.5. The van der Waals surface area contributed by atoms with E-state index in [1.807, 2.05) is 24.1 Å². The number of nitrogens with zero attached hydrogens (tertiary/aromatic N) is 3. The number of ether oxygens (including phenoxy) is 2. The first-order chi connectivity index (χ1) is 11.2. The van der Waals surface area contributed by atoms with Crippen LogP contribution in [0.15, 0.2) is 12.4 Å². The summed E-state index contributed by atoms with van der Waals surface area (Å²) in [5.41, 5.74) is 1.22. The van der Waals surface area contributed by atoms with E-state index in [2.05, 4.69) is 15.3 Å². The zero-order valence-corrected chi connectivity index (χ0v) is 13.9. The molecule has 0 spiro atoms. The van der Waals surface area contributed by atoms with Crippen molar-refractivity contribution in [2.75, 3.05) is 33.4 Å². The third kappa shape index (κ3) is 4.10. The number of aryl methyl sites for hydroxylation is 1. The van der Waals surface area contributed by atoms with Crippen molar-refractivity contribution < 1.29 is 14.3 Å². The molecule has 2 aliphatic rings. The molecule has 2 aliphatic heterocycles.